The smallest absolute Gasteiger partial charge is 0.126 e. The standard InChI is InChI=1S/C17H17N3/c18-16(11-13-7-4-10-20-17(13)19)15-9-3-6-12-5-1-2-8-14(12)15/h1-10,16H,11,18H2,(H2,19,20). The first-order valence-corrected chi connectivity index (χ1v) is 6.68. The van der Waals surface area contributed by atoms with Gasteiger partial charge in [-0.05, 0) is 34.4 Å². The molecule has 0 aliphatic rings. The summed E-state index contributed by atoms with van der Waals surface area (Å²) in [7, 11) is 0. The second-order valence-electron chi connectivity index (χ2n) is 4.93. The lowest BCUT2D eigenvalue weighted by atomic mass is 9.95. The highest BCUT2D eigenvalue weighted by Gasteiger charge is 2.12. The summed E-state index contributed by atoms with van der Waals surface area (Å²) in [5.41, 5.74) is 14.4. The van der Waals surface area contributed by atoms with Gasteiger partial charge in [0.15, 0.2) is 0 Å². The Hall–Kier alpha value is -2.39. The molecule has 100 valence electrons. The van der Waals surface area contributed by atoms with E-state index in [0.29, 0.717) is 12.2 Å². The largest absolute Gasteiger partial charge is 0.383 e. The van der Waals surface area contributed by atoms with Crippen LogP contribution in [0.2, 0.25) is 0 Å². The molecular formula is C17H17N3. The summed E-state index contributed by atoms with van der Waals surface area (Å²) >= 11 is 0. The number of nitrogen functional groups attached to an aromatic ring is 1. The van der Waals surface area contributed by atoms with Crippen molar-refractivity contribution in [1.29, 1.82) is 0 Å². The molecule has 0 amide bonds. The van der Waals surface area contributed by atoms with Crippen LogP contribution >= 0.6 is 0 Å². The third-order valence-electron chi connectivity index (χ3n) is 3.59. The maximum atomic E-state index is 6.38. The van der Waals surface area contributed by atoms with E-state index in [0.717, 1.165) is 11.1 Å². The van der Waals surface area contributed by atoms with Gasteiger partial charge in [0.05, 0.1) is 0 Å². The third-order valence-corrected chi connectivity index (χ3v) is 3.59. The number of nitrogens with two attached hydrogens (primary N) is 2. The second-order valence-corrected chi connectivity index (χ2v) is 4.93. The summed E-state index contributed by atoms with van der Waals surface area (Å²) in [6.07, 6.45) is 2.38. The zero-order valence-corrected chi connectivity index (χ0v) is 11.2. The molecule has 3 heteroatoms. The fraction of sp³-hybridized carbons (Fsp3) is 0.118. The minimum Gasteiger partial charge on any atom is -0.383 e. The predicted molar refractivity (Wildman–Crippen MR) is 83.2 cm³/mol. The minimum absolute atomic E-state index is 0.0902. The fourth-order valence-electron chi connectivity index (χ4n) is 2.54. The van der Waals surface area contributed by atoms with E-state index in [1.165, 1.54) is 10.8 Å². The van der Waals surface area contributed by atoms with Crippen molar-refractivity contribution in [3.05, 3.63) is 71.9 Å². The van der Waals surface area contributed by atoms with E-state index >= 15 is 0 Å². The third kappa shape index (κ3) is 2.36. The van der Waals surface area contributed by atoms with Crippen LogP contribution in [0.3, 0.4) is 0 Å². The average Bonchev–Trinajstić information content (AvgIpc) is 2.49. The molecule has 1 aromatic heterocycles. The molecule has 0 bridgehead atoms. The van der Waals surface area contributed by atoms with Crippen LogP contribution < -0.4 is 11.5 Å². The van der Waals surface area contributed by atoms with Crippen molar-refractivity contribution in [2.24, 2.45) is 5.73 Å². The van der Waals surface area contributed by atoms with E-state index < -0.39 is 0 Å². The number of benzene rings is 2. The van der Waals surface area contributed by atoms with Gasteiger partial charge < -0.3 is 11.5 Å². The first-order chi connectivity index (χ1) is 9.75. The van der Waals surface area contributed by atoms with Crippen LogP contribution in [0.25, 0.3) is 10.8 Å². The Kier molecular flexibility index (Phi) is 3.35. The van der Waals surface area contributed by atoms with Gasteiger partial charge in [0, 0.05) is 12.2 Å². The van der Waals surface area contributed by atoms with Crippen LogP contribution in [0.4, 0.5) is 5.82 Å². The van der Waals surface area contributed by atoms with Gasteiger partial charge in [0.25, 0.3) is 0 Å². The van der Waals surface area contributed by atoms with Crippen LogP contribution in [-0.2, 0) is 6.42 Å². The quantitative estimate of drug-likeness (QED) is 0.763. The second kappa shape index (κ2) is 5.31. The monoisotopic (exact) mass is 263 g/mol. The Morgan fingerprint density at radius 3 is 2.60 bits per heavy atom. The molecule has 0 saturated heterocycles. The van der Waals surface area contributed by atoms with Crippen LogP contribution in [0.5, 0.6) is 0 Å². The first-order valence-electron chi connectivity index (χ1n) is 6.68. The van der Waals surface area contributed by atoms with Gasteiger partial charge in [-0.15, -0.1) is 0 Å². The molecule has 0 radical (unpaired) electrons. The molecule has 1 heterocycles. The molecule has 0 saturated carbocycles. The summed E-state index contributed by atoms with van der Waals surface area (Å²) in [4.78, 5) is 4.11. The lowest BCUT2D eigenvalue weighted by Gasteiger charge is -2.15. The Morgan fingerprint density at radius 2 is 1.75 bits per heavy atom. The SMILES string of the molecule is Nc1ncccc1CC(N)c1cccc2ccccc12. The molecule has 3 nitrogen and oxygen atoms in total. The molecule has 0 spiro atoms. The van der Waals surface area contributed by atoms with Gasteiger partial charge in [0.2, 0.25) is 0 Å². The molecule has 1 atom stereocenters. The van der Waals surface area contributed by atoms with E-state index in [-0.39, 0.29) is 6.04 Å². The summed E-state index contributed by atoms with van der Waals surface area (Å²) < 4.78 is 0. The van der Waals surface area contributed by atoms with E-state index in [9.17, 15) is 0 Å². The summed E-state index contributed by atoms with van der Waals surface area (Å²) in [5.74, 6) is 0.559. The number of aromatic nitrogens is 1. The van der Waals surface area contributed by atoms with Gasteiger partial charge in [0.1, 0.15) is 5.82 Å². The first kappa shape index (κ1) is 12.6. The highest BCUT2D eigenvalue weighted by atomic mass is 14.8. The Morgan fingerprint density at radius 1 is 0.950 bits per heavy atom. The molecule has 4 N–H and O–H groups in total. The lowest BCUT2D eigenvalue weighted by molar-refractivity contribution is 0.727. The number of hydrogen-bond acceptors (Lipinski definition) is 3. The highest BCUT2D eigenvalue weighted by Crippen LogP contribution is 2.26. The molecule has 0 fully saturated rings. The van der Waals surface area contributed by atoms with Gasteiger partial charge in [-0.3, -0.25) is 0 Å². The van der Waals surface area contributed by atoms with Crippen LogP contribution in [0, 0.1) is 0 Å². The Balaban J connectivity index is 1.97. The van der Waals surface area contributed by atoms with Crippen molar-refractivity contribution in [2.75, 3.05) is 5.73 Å². The number of nitrogens with zero attached hydrogens (tertiary/aromatic N) is 1. The molecule has 0 aliphatic heterocycles. The Labute approximate surface area is 118 Å². The van der Waals surface area contributed by atoms with Crippen molar-refractivity contribution in [3.8, 4) is 0 Å². The maximum absolute atomic E-state index is 6.38. The molecule has 2 aromatic carbocycles. The normalized spacial score (nSPS) is 12.4. The highest BCUT2D eigenvalue weighted by molar-refractivity contribution is 5.86. The van der Waals surface area contributed by atoms with Crippen LogP contribution in [0.1, 0.15) is 17.2 Å². The number of anilines is 1. The summed E-state index contributed by atoms with van der Waals surface area (Å²) in [6, 6.07) is 18.3. The average molecular weight is 263 g/mol. The van der Waals surface area contributed by atoms with Crippen molar-refractivity contribution >= 4 is 16.6 Å². The maximum Gasteiger partial charge on any atom is 0.126 e. The van der Waals surface area contributed by atoms with E-state index in [1.807, 2.05) is 30.3 Å². The van der Waals surface area contributed by atoms with Crippen LogP contribution in [0.15, 0.2) is 60.8 Å². The topological polar surface area (TPSA) is 64.9 Å². The molecule has 1 unspecified atom stereocenters. The molecule has 20 heavy (non-hydrogen) atoms. The molecule has 3 rings (SSSR count). The lowest BCUT2D eigenvalue weighted by Crippen LogP contribution is -2.15. The summed E-state index contributed by atoms with van der Waals surface area (Å²) in [6.45, 7) is 0. The van der Waals surface area contributed by atoms with Crippen LogP contribution in [-0.4, -0.2) is 4.98 Å². The number of pyridine rings is 1. The minimum atomic E-state index is -0.0902. The predicted octanol–water partition coefficient (Wildman–Crippen LogP) is 3.06. The molecule has 3 aromatic rings. The van der Waals surface area contributed by atoms with E-state index in [4.69, 9.17) is 11.5 Å². The number of hydrogen-bond donors (Lipinski definition) is 2. The van der Waals surface area contributed by atoms with E-state index in [1.54, 1.807) is 6.20 Å². The molecule has 0 aliphatic carbocycles. The number of rotatable bonds is 3. The van der Waals surface area contributed by atoms with Gasteiger partial charge in [-0.2, -0.15) is 0 Å². The zero-order chi connectivity index (χ0) is 13.9. The Bertz CT molecular complexity index is 732. The van der Waals surface area contributed by atoms with Crippen molar-refractivity contribution < 1.29 is 0 Å². The van der Waals surface area contributed by atoms with Gasteiger partial charge >= 0.3 is 0 Å². The van der Waals surface area contributed by atoms with Gasteiger partial charge in [-0.1, -0.05) is 48.5 Å². The van der Waals surface area contributed by atoms with Gasteiger partial charge in [-0.25, -0.2) is 4.98 Å². The van der Waals surface area contributed by atoms with Crippen molar-refractivity contribution in [1.82, 2.24) is 4.98 Å². The number of fused-ring (bicyclic) bond motifs is 1. The van der Waals surface area contributed by atoms with E-state index in [2.05, 4.69) is 29.2 Å². The van der Waals surface area contributed by atoms with Crippen molar-refractivity contribution in [3.63, 3.8) is 0 Å². The van der Waals surface area contributed by atoms with Crippen molar-refractivity contribution in [2.45, 2.75) is 12.5 Å². The fourth-order valence-corrected chi connectivity index (χ4v) is 2.54. The zero-order valence-electron chi connectivity index (χ0n) is 11.2. The molecular weight excluding hydrogens is 246 g/mol. The summed E-state index contributed by atoms with van der Waals surface area (Å²) in [5, 5.41) is 2.41.